The summed E-state index contributed by atoms with van der Waals surface area (Å²) in [6, 6.07) is 14.4. The molecule has 0 radical (unpaired) electrons. The Morgan fingerprint density at radius 2 is 1.83 bits per heavy atom. The van der Waals surface area contributed by atoms with E-state index in [1.54, 1.807) is 36.7 Å². The molecule has 1 atom stereocenters. The Labute approximate surface area is 169 Å². The molecule has 1 aromatic heterocycles. The van der Waals surface area contributed by atoms with E-state index in [9.17, 15) is 18.0 Å². The first-order valence-corrected chi connectivity index (χ1v) is 8.97. The lowest BCUT2D eigenvalue weighted by Crippen LogP contribution is -2.43. The van der Waals surface area contributed by atoms with Gasteiger partial charge in [0.15, 0.2) is 11.5 Å². The summed E-state index contributed by atoms with van der Waals surface area (Å²) < 4.78 is 48.8. The maximum absolute atomic E-state index is 13.4. The smallest absolute Gasteiger partial charge is 0.447 e. The molecule has 0 spiro atoms. The van der Waals surface area contributed by atoms with Gasteiger partial charge < -0.3 is 20.1 Å². The predicted molar refractivity (Wildman–Crippen MR) is 103 cm³/mol. The van der Waals surface area contributed by atoms with Gasteiger partial charge in [-0.25, -0.2) is 0 Å². The lowest BCUT2D eigenvalue weighted by atomic mass is 10.1. The maximum atomic E-state index is 13.4. The van der Waals surface area contributed by atoms with Crippen LogP contribution in [0, 0.1) is 0 Å². The number of fused-ring (bicyclic) bond motifs is 1. The van der Waals surface area contributed by atoms with Crippen LogP contribution in [0.1, 0.15) is 15.9 Å². The number of hydrogen-bond donors (Lipinski definition) is 2. The zero-order valence-electron chi connectivity index (χ0n) is 15.4. The summed E-state index contributed by atoms with van der Waals surface area (Å²) in [5, 5.41) is 5.84. The van der Waals surface area contributed by atoms with Gasteiger partial charge >= 0.3 is 12.5 Å². The Morgan fingerprint density at radius 3 is 2.63 bits per heavy atom. The second-order valence-corrected chi connectivity index (χ2v) is 6.47. The average molecular weight is 415 g/mol. The molecule has 1 aliphatic rings. The first-order chi connectivity index (χ1) is 14.4. The number of anilines is 2. The summed E-state index contributed by atoms with van der Waals surface area (Å²) in [5.74, 6) is -0.978. The van der Waals surface area contributed by atoms with Gasteiger partial charge in [0.1, 0.15) is 0 Å². The Bertz CT molecular complexity index is 1060. The van der Waals surface area contributed by atoms with Crippen LogP contribution in [-0.4, -0.2) is 23.4 Å². The number of aromatic nitrogens is 1. The van der Waals surface area contributed by atoms with Crippen LogP contribution in [0.25, 0.3) is 0 Å². The van der Waals surface area contributed by atoms with E-state index in [-0.39, 0.29) is 17.2 Å². The molecule has 9 heteroatoms. The topological polar surface area (TPSA) is 72.5 Å². The number of nitrogens with zero attached hydrogens (tertiary/aromatic N) is 1. The molecular weight excluding hydrogens is 399 g/mol. The van der Waals surface area contributed by atoms with E-state index < -0.39 is 18.4 Å². The van der Waals surface area contributed by atoms with Crippen LogP contribution >= 0.6 is 0 Å². The second-order valence-electron chi connectivity index (χ2n) is 6.47. The molecule has 2 aromatic carbocycles. The van der Waals surface area contributed by atoms with Crippen molar-refractivity contribution >= 4 is 17.3 Å². The Hall–Kier alpha value is -3.75. The third-order valence-electron chi connectivity index (χ3n) is 4.35. The molecule has 1 aliphatic heterocycles. The van der Waals surface area contributed by atoms with Crippen molar-refractivity contribution in [3.8, 4) is 11.5 Å². The zero-order valence-corrected chi connectivity index (χ0v) is 15.4. The predicted octanol–water partition coefficient (Wildman–Crippen LogP) is 4.61. The number of carbonyl (C=O) groups excluding carboxylic acids is 1. The monoisotopic (exact) mass is 415 g/mol. The SMILES string of the molecule is O=C(Nc1ccc2c(c1)OC(F)C(F)(F)O2)c1ccccc1NCc1ccncc1. The average Bonchev–Trinajstić information content (AvgIpc) is 2.74. The molecule has 2 N–H and O–H groups in total. The van der Waals surface area contributed by atoms with E-state index in [2.05, 4.69) is 25.1 Å². The Kier molecular flexibility index (Phi) is 5.18. The van der Waals surface area contributed by atoms with Crippen LogP contribution in [0.3, 0.4) is 0 Å². The van der Waals surface area contributed by atoms with Gasteiger partial charge in [0.25, 0.3) is 5.91 Å². The maximum Gasteiger partial charge on any atom is 0.468 e. The van der Waals surface area contributed by atoms with Crippen molar-refractivity contribution in [3.63, 3.8) is 0 Å². The molecule has 0 bridgehead atoms. The molecular formula is C21H16F3N3O3. The van der Waals surface area contributed by atoms with E-state index in [1.165, 1.54) is 18.2 Å². The number of halogens is 3. The fraction of sp³-hybridized carbons (Fsp3) is 0.143. The minimum absolute atomic E-state index is 0.227. The van der Waals surface area contributed by atoms with Crippen molar-refractivity contribution in [2.24, 2.45) is 0 Å². The number of alkyl halides is 3. The van der Waals surface area contributed by atoms with Crippen molar-refractivity contribution in [3.05, 3.63) is 78.1 Å². The molecule has 6 nitrogen and oxygen atoms in total. The van der Waals surface area contributed by atoms with Crippen LogP contribution in [0.2, 0.25) is 0 Å². The lowest BCUT2D eigenvalue weighted by molar-refractivity contribution is -0.281. The normalized spacial score (nSPS) is 16.6. The summed E-state index contributed by atoms with van der Waals surface area (Å²) in [6.07, 6.45) is -3.66. The number of carbonyl (C=O) groups is 1. The number of benzene rings is 2. The first kappa shape index (κ1) is 19.6. The highest BCUT2D eigenvalue weighted by Gasteiger charge is 2.49. The van der Waals surface area contributed by atoms with Gasteiger partial charge in [-0.3, -0.25) is 9.78 Å². The third-order valence-corrected chi connectivity index (χ3v) is 4.35. The van der Waals surface area contributed by atoms with Gasteiger partial charge in [-0.15, -0.1) is 0 Å². The van der Waals surface area contributed by atoms with Crippen molar-refractivity contribution in [2.75, 3.05) is 10.6 Å². The first-order valence-electron chi connectivity index (χ1n) is 8.97. The van der Waals surface area contributed by atoms with E-state index in [0.717, 1.165) is 5.56 Å². The highest BCUT2D eigenvalue weighted by atomic mass is 19.3. The van der Waals surface area contributed by atoms with Gasteiger partial charge in [-0.05, 0) is 42.0 Å². The fourth-order valence-electron chi connectivity index (χ4n) is 2.87. The molecule has 2 heterocycles. The Morgan fingerprint density at radius 1 is 1.07 bits per heavy atom. The number of nitrogens with one attached hydrogen (secondary N) is 2. The van der Waals surface area contributed by atoms with Crippen molar-refractivity contribution in [2.45, 2.75) is 19.0 Å². The molecule has 30 heavy (non-hydrogen) atoms. The highest BCUT2D eigenvalue weighted by Crippen LogP contribution is 2.41. The number of hydrogen-bond acceptors (Lipinski definition) is 5. The van der Waals surface area contributed by atoms with Crippen molar-refractivity contribution < 1.29 is 27.4 Å². The molecule has 3 aromatic rings. The van der Waals surface area contributed by atoms with Crippen LogP contribution in [0.5, 0.6) is 11.5 Å². The van der Waals surface area contributed by atoms with E-state index in [4.69, 9.17) is 0 Å². The summed E-state index contributed by atoms with van der Waals surface area (Å²) in [4.78, 5) is 16.7. The molecule has 0 saturated heterocycles. The zero-order chi connectivity index (χ0) is 21.1. The fourth-order valence-corrected chi connectivity index (χ4v) is 2.87. The van der Waals surface area contributed by atoms with Crippen LogP contribution in [0.4, 0.5) is 24.5 Å². The van der Waals surface area contributed by atoms with Crippen LogP contribution < -0.4 is 20.1 Å². The quantitative estimate of drug-likeness (QED) is 0.637. The molecule has 1 unspecified atom stereocenters. The summed E-state index contributed by atoms with van der Waals surface area (Å²) in [7, 11) is 0. The van der Waals surface area contributed by atoms with Gasteiger partial charge in [-0.1, -0.05) is 12.1 Å². The van der Waals surface area contributed by atoms with E-state index >= 15 is 0 Å². The largest absolute Gasteiger partial charge is 0.468 e. The summed E-state index contributed by atoms with van der Waals surface area (Å²) in [5.41, 5.74) is 2.21. The van der Waals surface area contributed by atoms with Crippen LogP contribution in [0.15, 0.2) is 67.0 Å². The van der Waals surface area contributed by atoms with Gasteiger partial charge in [0, 0.05) is 36.4 Å². The third kappa shape index (κ3) is 4.14. The van der Waals surface area contributed by atoms with Crippen LogP contribution in [-0.2, 0) is 6.54 Å². The highest BCUT2D eigenvalue weighted by molar-refractivity contribution is 6.08. The van der Waals surface area contributed by atoms with E-state index in [1.807, 2.05) is 12.1 Å². The summed E-state index contributed by atoms with van der Waals surface area (Å²) >= 11 is 0. The summed E-state index contributed by atoms with van der Waals surface area (Å²) in [6.45, 7) is 0.489. The van der Waals surface area contributed by atoms with E-state index in [0.29, 0.717) is 17.8 Å². The number of rotatable bonds is 5. The molecule has 0 aliphatic carbocycles. The Balaban J connectivity index is 1.49. The van der Waals surface area contributed by atoms with Gasteiger partial charge in [0.05, 0.1) is 5.56 Å². The molecule has 4 rings (SSSR count). The minimum Gasteiger partial charge on any atom is -0.447 e. The molecule has 0 saturated carbocycles. The lowest BCUT2D eigenvalue weighted by Gasteiger charge is -2.28. The molecule has 0 fully saturated rings. The van der Waals surface area contributed by atoms with Gasteiger partial charge in [0.2, 0.25) is 0 Å². The van der Waals surface area contributed by atoms with Crippen molar-refractivity contribution in [1.82, 2.24) is 4.98 Å². The molecule has 1 amide bonds. The number of para-hydroxylation sites is 1. The number of amides is 1. The standard InChI is InChI=1S/C21H16F3N3O3/c22-20-21(23,24)30-17-6-5-14(11-18(17)29-20)27-19(28)15-3-1-2-4-16(15)26-12-13-7-9-25-10-8-13/h1-11,20,26H,12H2,(H,27,28). The second kappa shape index (κ2) is 7.94. The number of ether oxygens (including phenoxy) is 2. The number of pyridine rings is 1. The van der Waals surface area contributed by atoms with Gasteiger partial charge in [-0.2, -0.15) is 13.2 Å². The van der Waals surface area contributed by atoms with Crippen molar-refractivity contribution in [1.29, 1.82) is 0 Å². The molecule has 154 valence electrons. The minimum atomic E-state index is -4.07.